The molecule has 2 heterocycles. The molecule has 21 heavy (non-hydrogen) atoms. The summed E-state index contributed by atoms with van der Waals surface area (Å²) in [6.45, 7) is 7.79. The van der Waals surface area contributed by atoms with E-state index >= 15 is 0 Å². The zero-order valence-corrected chi connectivity index (χ0v) is 17.9. The summed E-state index contributed by atoms with van der Waals surface area (Å²) >= 11 is 10.3. The molecule has 0 radical (unpaired) electrons. The zero-order valence-electron chi connectivity index (χ0n) is 12.1. The highest BCUT2D eigenvalue weighted by molar-refractivity contribution is 9.25. The van der Waals surface area contributed by atoms with Gasteiger partial charge >= 0.3 is 0 Å². The van der Waals surface area contributed by atoms with Crippen molar-refractivity contribution >= 4 is 67.6 Å². The Balaban J connectivity index is 2.10. The second kappa shape index (κ2) is 6.39. The molecule has 0 bridgehead atoms. The molecule has 117 valence electrons. The van der Waals surface area contributed by atoms with E-state index in [-0.39, 0.29) is 12.6 Å². The van der Waals surface area contributed by atoms with Gasteiger partial charge in [0.1, 0.15) is 12.5 Å². The number of carbonyl (C=O) groups excluding carboxylic acids is 1. The highest BCUT2D eigenvalue weighted by atomic mass is 79.9. The molecule has 1 aromatic rings. The molecule has 0 atom stereocenters. The largest absolute Gasteiger partial charge is 0.364 e. The van der Waals surface area contributed by atoms with E-state index in [9.17, 15) is 4.79 Å². The predicted octanol–water partition coefficient (Wildman–Crippen LogP) is 4.45. The number of hydrogen-bond donors (Lipinski definition) is 0. The highest BCUT2D eigenvalue weighted by Gasteiger charge is 2.48. The summed E-state index contributed by atoms with van der Waals surface area (Å²) < 4.78 is 5.60. The van der Waals surface area contributed by atoms with Gasteiger partial charge in [0.2, 0.25) is 0 Å². The van der Waals surface area contributed by atoms with Gasteiger partial charge in [0.15, 0.2) is 3.23 Å². The number of anilines is 1. The van der Waals surface area contributed by atoms with Crippen LogP contribution in [0.1, 0.15) is 5.56 Å². The van der Waals surface area contributed by atoms with Crippen molar-refractivity contribution in [1.82, 2.24) is 4.98 Å². The summed E-state index contributed by atoms with van der Waals surface area (Å²) in [6, 6.07) is 2.95. The molecule has 2 rings (SSSR count). The quantitative estimate of drug-likeness (QED) is 0.341. The van der Waals surface area contributed by atoms with E-state index in [4.69, 9.17) is 4.74 Å². The van der Waals surface area contributed by atoms with Crippen LogP contribution in [0.3, 0.4) is 0 Å². The molecule has 0 spiro atoms. The Bertz CT molecular complexity index is 561. The number of fused-ring (bicyclic) bond motifs is 1. The molecule has 4 nitrogen and oxygen atoms in total. The van der Waals surface area contributed by atoms with Crippen molar-refractivity contribution in [3.8, 4) is 0 Å². The summed E-state index contributed by atoms with van der Waals surface area (Å²) in [5, 5.41) is 0. The van der Waals surface area contributed by atoms with Crippen molar-refractivity contribution in [2.75, 3.05) is 18.2 Å². The maximum Gasteiger partial charge on any atom is 0.262 e. The fourth-order valence-electron chi connectivity index (χ4n) is 1.91. The van der Waals surface area contributed by atoms with Crippen LogP contribution in [-0.4, -0.2) is 32.3 Å². The van der Waals surface area contributed by atoms with E-state index in [0.717, 1.165) is 16.1 Å². The lowest BCUT2D eigenvalue weighted by atomic mass is 10.2. The fraction of sp³-hybridized carbons (Fsp3) is 0.538. The van der Waals surface area contributed by atoms with Gasteiger partial charge in [0, 0.05) is 22.8 Å². The van der Waals surface area contributed by atoms with Crippen molar-refractivity contribution in [3.05, 3.63) is 22.3 Å². The third-order valence-corrected chi connectivity index (χ3v) is 6.83. The summed E-state index contributed by atoms with van der Waals surface area (Å²) in [4.78, 5) is 18.4. The minimum absolute atomic E-state index is 0.115. The third-order valence-electron chi connectivity index (χ3n) is 3.16. The number of pyridine rings is 1. The van der Waals surface area contributed by atoms with Crippen LogP contribution in [0.4, 0.5) is 5.82 Å². The number of rotatable bonds is 5. The summed E-state index contributed by atoms with van der Waals surface area (Å²) in [7, 11) is -1.13. The molecule has 0 saturated carbocycles. The Morgan fingerprint density at radius 2 is 2.05 bits per heavy atom. The lowest BCUT2D eigenvalue weighted by molar-refractivity contribution is -0.119. The van der Waals surface area contributed by atoms with Crippen LogP contribution in [0.15, 0.2) is 16.7 Å². The van der Waals surface area contributed by atoms with Gasteiger partial charge < -0.3 is 4.74 Å². The summed E-state index contributed by atoms with van der Waals surface area (Å²) in [6.07, 6.45) is 1.68. The lowest BCUT2D eigenvalue weighted by Gasteiger charge is -2.27. The number of hydrogen-bond acceptors (Lipinski definition) is 3. The molecule has 0 saturated heterocycles. The smallest absolute Gasteiger partial charge is 0.262 e. The van der Waals surface area contributed by atoms with Crippen molar-refractivity contribution in [2.24, 2.45) is 0 Å². The highest BCUT2D eigenvalue weighted by Crippen LogP contribution is 2.50. The Morgan fingerprint density at radius 1 is 1.38 bits per heavy atom. The Labute approximate surface area is 151 Å². The van der Waals surface area contributed by atoms with Crippen molar-refractivity contribution in [3.63, 3.8) is 0 Å². The number of halogens is 3. The summed E-state index contributed by atoms with van der Waals surface area (Å²) in [5.74, 6) is 0.515. The molecule has 1 aliphatic rings. The van der Waals surface area contributed by atoms with Gasteiger partial charge in [-0.15, -0.1) is 14.1 Å². The first kappa shape index (κ1) is 17.6. The molecule has 8 heteroatoms. The van der Waals surface area contributed by atoms with Crippen molar-refractivity contribution < 1.29 is 9.53 Å². The average Bonchev–Trinajstić information content (AvgIpc) is 2.54. The maximum absolute atomic E-state index is 12.5. The Hall–Kier alpha value is 0.237. The normalized spacial score (nSPS) is 17.2. The van der Waals surface area contributed by atoms with Gasteiger partial charge in [-0.3, -0.25) is 9.69 Å². The molecular weight excluding hydrogens is 484 g/mol. The number of alkyl halides is 2. The molecule has 0 aliphatic carbocycles. The van der Waals surface area contributed by atoms with Crippen LogP contribution in [0.5, 0.6) is 0 Å². The minimum atomic E-state index is -1.13. The van der Waals surface area contributed by atoms with Gasteiger partial charge in [0.25, 0.3) is 5.91 Å². The second-order valence-corrected chi connectivity index (χ2v) is 16.2. The van der Waals surface area contributed by atoms with Gasteiger partial charge in [0.05, 0.1) is 0 Å². The van der Waals surface area contributed by atoms with Crippen LogP contribution in [-0.2, 0) is 12.8 Å². The Morgan fingerprint density at radius 3 is 2.67 bits per heavy atom. The van der Waals surface area contributed by atoms with Crippen LogP contribution in [0.25, 0.3) is 0 Å². The van der Waals surface area contributed by atoms with Crippen LogP contribution in [0.2, 0.25) is 25.7 Å². The zero-order chi connectivity index (χ0) is 15.8. The number of carbonyl (C=O) groups is 1. The Kier molecular flexibility index (Phi) is 5.35. The number of nitrogens with zero attached hydrogens (tertiary/aromatic N) is 2. The third kappa shape index (κ3) is 3.96. The number of aromatic nitrogens is 1. The number of ether oxygens (including phenoxy) is 1. The molecule has 0 N–H and O–H groups in total. The molecule has 0 fully saturated rings. The predicted molar refractivity (Wildman–Crippen MR) is 97.9 cm³/mol. The van der Waals surface area contributed by atoms with Crippen molar-refractivity contribution in [1.29, 1.82) is 0 Å². The van der Waals surface area contributed by atoms with Gasteiger partial charge in [-0.25, -0.2) is 4.98 Å². The van der Waals surface area contributed by atoms with Gasteiger partial charge in [-0.05, 0) is 22.0 Å². The molecule has 1 amide bonds. The van der Waals surface area contributed by atoms with E-state index in [1.807, 2.05) is 6.07 Å². The number of amides is 1. The first-order chi connectivity index (χ1) is 9.63. The first-order valence-electron chi connectivity index (χ1n) is 6.56. The monoisotopic (exact) mass is 498 g/mol. The van der Waals surface area contributed by atoms with E-state index in [1.165, 1.54) is 0 Å². The standard InChI is InChI=1S/C13H17Br3N2O2Si/c1-21(2,3)5-4-20-8-18-11-10(6-9(14)7-17-11)13(15,16)12(18)19/h6-7H,4-5,8H2,1-3H3/q-1. The van der Waals surface area contributed by atoms with Crippen LogP contribution >= 0.6 is 47.8 Å². The molecule has 1 aliphatic heterocycles. The topological polar surface area (TPSA) is 42.4 Å². The molecule has 0 aromatic carbocycles. The van der Waals surface area contributed by atoms with E-state index in [0.29, 0.717) is 12.4 Å². The van der Waals surface area contributed by atoms with Gasteiger partial charge in [-0.2, -0.15) is 19.6 Å². The summed E-state index contributed by atoms with van der Waals surface area (Å²) in [5.41, 5.74) is 0.788. The van der Waals surface area contributed by atoms with Crippen LogP contribution < -0.4 is 4.90 Å². The van der Waals surface area contributed by atoms with Crippen molar-refractivity contribution in [2.45, 2.75) is 28.9 Å². The second-order valence-electron chi connectivity index (χ2n) is 6.18. The average molecular weight is 501 g/mol. The molecule has 0 unspecified atom stereocenters. The van der Waals surface area contributed by atoms with Gasteiger partial charge in [-0.1, -0.05) is 31.9 Å². The first-order valence-corrected chi connectivity index (χ1v) is 12.6. The van der Waals surface area contributed by atoms with Crippen LogP contribution in [0, 0.1) is 0 Å². The van der Waals surface area contributed by atoms with E-state index < -0.39 is 11.3 Å². The maximum atomic E-state index is 12.5. The fourth-order valence-corrected chi connectivity index (χ4v) is 4.01. The van der Waals surface area contributed by atoms with E-state index in [1.54, 1.807) is 11.1 Å². The SMILES string of the molecule is C[Si-](C)(C)CCOCN1C(=O)C(Br)(Br)c2cc(Br)cnc21. The molecule has 1 aromatic heterocycles. The minimum Gasteiger partial charge on any atom is -0.364 e. The lowest BCUT2D eigenvalue weighted by Crippen LogP contribution is -2.35. The van der Waals surface area contributed by atoms with E-state index in [2.05, 4.69) is 72.4 Å². The molecular formula is C13H17Br3N2O2Si-.